The maximum Gasteiger partial charge on any atom is 0.422 e. The lowest BCUT2D eigenvalue weighted by atomic mass is 9.98. The van der Waals surface area contributed by atoms with Gasteiger partial charge in [0.1, 0.15) is 5.76 Å². The number of amides is 1. The Morgan fingerprint density at radius 3 is 2.55 bits per heavy atom. The van der Waals surface area contributed by atoms with Crippen LogP contribution in [-0.2, 0) is 22.6 Å². The number of carbonyl (C=O) groups is 1. The lowest BCUT2D eigenvalue weighted by Crippen LogP contribution is -2.23. The van der Waals surface area contributed by atoms with Crippen LogP contribution in [0.2, 0.25) is 0 Å². The van der Waals surface area contributed by atoms with Gasteiger partial charge in [-0.25, -0.2) is 0 Å². The standard InChI is InChI=1S/C23H28F3NO2/c1-4-7-9-20(21(10-8-5-2)29-16-23(24,25)26)17-11-12-18-14-27(22(28)6-3)15-19(18)13-17/h4,7,9-13H,5-6,8,14-16H2,1-3H3/b7-4-,20-9-,21-10-. The van der Waals surface area contributed by atoms with E-state index < -0.39 is 12.8 Å². The molecule has 1 heterocycles. The molecule has 0 atom stereocenters. The summed E-state index contributed by atoms with van der Waals surface area (Å²) in [5.74, 6) is 0.311. The minimum absolute atomic E-state index is 0.0875. The monoisotopic (exact) mass is 407 g/mol. The van der Waals surface area contributed by atoms with Gasteiger partial charge in [0.15, 0.2) is 6.61 Å². The smallest absolute Gasteiger partial charge is 0.422 e. The van der Waals surface area contributed by atoms with Crippen LogP contribution in [0.4, 0.5) is 13.2 Å². The Balaban J connectivity index is 2.38. The van der Waals surface area contributed by atoms with E-state index in [1.807, 2.05) is 45.0 Å². The van der Waals surface area contributed by atoms with Gasteiger partial charge in [0, 0.05) is 25.1 Å². The molecule has 0 spiro atoms. The third kappa shape index (κ3) is 6.51. The number of hydrogen-bond donors (Lipinski definition) is 0. The van der Waals surface area contributed by atoms with Crippen molar-refractivity contribution in [1.29, 1.82) is 0 Å². The summed E-state index contributed by atoms with van der Waals surface area (Å²) in [5.41, 5.74) is 3.46. The number of nitrogens with zero attached hydrogens (tertiary/aromatic N) is 1. The molecule has 1 aromatic carbocycles. The zero-order chi connectivity index (χ0) is 21.4. The summed E-state index contributed by atoms with van der Waals surface area (Å²) in [6.07, 6.45) is 4.53. The van der Waals surface area contributed by atoms with Crippen molar-refractivity contribution in [2.75, 3.05) is 6.61 Å². The molecule has 0 saturated heterocycles. The van der Waals surface area contributed by atoms with Gasteiger partial charge in [-0.3, -0.25) is 4.79 Å². The molecule has 1 aliphatic heterocycles. The summed E-state index contributed by atoms with van der Waals surface area (Å²) < 4.78 is 43.5. The summed E-state index contributed by atoms with van der Waals surface area (Å²) in [5, 5.41) is 0. The number of allylic oxidation sites excluding steroid dienone is 5. The van der Waals surface area contributed by atoms with Gasteiger partial charge in [0.25, 0.3) is 0 Å². The molecule has 0 radical (unpaired) electrons. The maximum atomic E-state index is 12.8. The molecule has 0 saturated carbocycles. The van der Waals surface area contributed by atoms with Gasteiger partial charge < -0.3 is 9.64 Å². The Morgan fingerprint density at radius 2 is 1.93 bits per heavy atom. The van der Waals surface area contributed by atoms with E-state index in [1.54, 1.807) is 23.1 Å². The molecule has 0 aliphatic carbocycles. The first kappa shape index (κ1) is 22.8. The van der Waals surface area contributed by atoms with Crippen molar-refractivity contribution < 1.29 is 22.7 Å². The Labute approximate surface area is 170 Å². The van der Waals surface area contributed by atoms with E-state index in [-0.39, 0.29) is 11.7 Å². The van der Waals surface area contributed by atoms with E-state index in [0.717, 1.165) is 23.1 Å². The van der Waals surface area contributed by atoms with Gasteiger partial charge in [0.2, 0.25) is 5.91 Å². The van der Waals surface area contributed by atoms with Crippen molar-refractivity contribution in [3.8, 4) is 0 Å². The van der Waals surface area contributed by atoms with E-state index in [0.29, 0.717) is 31.5 Å². The van der Waals surface area contributed by atoms with Gasteiger partial charge in [-0.2, -0.15) is 13.2 Å². The van der Waals surface area contributed by atoms with E-state index in [1.165, 1.54) is 0 Å². The second-order valence-electron chi connectivity index (χ2n) is 6.95. The SMILES string of the molecule is C\C=C/C=C(\C(=C\CCC)OCC(F)(F)F)c1ccc2c(c1)CN(C(=O)CC)C2. The van der Waals surface area contributed by atoms with Crippen molar-refractivity contribution in [1.82, 2.24) is 4.90 Å². The Bertz CT molecular complexity index is 807. The second-order valence-corrected chi connectivity index (χ2v) is 6.95. The Hall–Kier alpha value is -2.50. The summed E-state index contributed by atoms with van der Waals surface area (Å²) in [4.78, 5) is 13.8. The van der Waals surface area contributed by atoms with Gasteiger partial charge in [-0.05, 0) is 42.2 Å². The van der Waals surface area contributed by atoms with E-state index >= 15 is 0 Å². The molecular weight excluding hydrogens is 379 g/mol. The highest BCUT2D eigenvalue weighted by atomic mass is 19.4. The van der Waals surface area contributed by atoms with E-state index in [4.69, 9.17) is 4.74 Å². The lowest BCUT2D eigenvalue weighted by Gasteiger charge is -2.17. The lowest BCUT2D eigenvalue weighted by molar-refractivity contribution is -0.163. The Morgan fingerprint density at radius 1 is 1.21 bits per heavy atom. The zero-order valence-electron chi connectivity index (χ0n) is 17.2. The first-order chi connectivity index (χ1) is 13.8. The minimum atomic E-state index is -4.41. The van der Waals surface area contributed by atoms with Crippen molar-refractivity contribution in [3.63, 3.8) is 0 Å². The highest BCUT2D eigenvalue weighted by Crippen LogP contribution is 2.32. The van der Waals surface area contributed by atoms with Gasteiger partial charge in [0.05, 0.1) is 0 Å². The van der Waals surface area contributed by atoms with Crippen LogP contribution >= 0.6 is 0 Å². The fourth-order valence-electron chi connectivity index (χ4n) is 3.16. The first-order valence-corrected chi connectivity index (χ1v) is 9.92. The number of alkyl halides is 3. The first-order valence-electron chi connectivity index (χ1n) is 9.92. The number of unbranched alkanes of at least 4 members (excludes halogenated alkanes) is 1. The van der Waals surface area contributed by atoms with Crippen LogP contribution in [0, 0.1) is 0 Å². The molecular formula is C23H28F3NO2. The van der Waals surface area contributed by atoms with Crippen LogP contribution in [-0.4, -0.2) is 23.6 Å². The molecule has 0 unspecified atom stereocenters. The fraction of sp³-hybridized carbons (Fsp3) is 0.435. The maximum absolute atomic E-state index is 12.8. The van der Waals surface area contributed by atoms with Crippen LogP contribution in [0.5, 0.6) is 0 Å². The van der Waals surface area contributed by atoms with Crippen LogP contribution in [0.25, 0.3) is 5.57 Å². The number of benzene rings is 1. The number of carbonyl (C=O) groups excluding carboxylic acids is 1. The molecule has 0 bridgehead atoms. The summed E-state index contributed by atoms with van der Waals surface area (Å²) in [6.45, 7) is 5.39. The average molecular weight is 407 g/mol. The fourth-order valence-corrected chi connectivity index (χ4v) is 3.16. The largest absolute Gasteiger partial charge is 0.484 e. The number of ether oxygens (including phenoxy) is 1. The van der Waals surface area contributed by atoms with E-state index in [9.17, 15) is 18.0 Å². The van der Waals surface area contributed by atoms with Crippen molar-refractivity contribution >= 4 is 11.5 Å². The second kappa shape index (κ2) is 10.3. The summed E-state index contributed by atoms with van der Waals surface area (Å²) in [7, 11) is 0. The zero-order valence-corrected chi connectivity index (χ0v) is 17.2. The van der Waals surface area contributed by atoms with Crippen LogP contribution in [0.15, 0.2) is 48.3 Å². The molecule has 0 N–H and O–H groups in total. The van der Waals surface area contributed by atoms with Crippen LogP contribution in [0.3, 0.4) is 0 Å². The topological polar surface area (TPSA) is 29.5 Å². The predicted molar refractivity (Wildman–Crippen MR) is 109 cm³/mol. The molecule has 1 aromatic rings. The highest BCUT2D eigenvalue weighted by molar-refractivity contribution is 5.80. The normalized spacial score (nSPS) is 15.2. The molecule has 0 aromatic heterocycles. The molecule has 6 heteroatoms. The Kier molecular flexibility index (Phi) is 8.11. The predicted octanol–water partition coefficient (Wildman–Crippen LogP) is 6.16. The van der Waals surface area contributed by atoms with Crippen molar-refractivity contribution in [2.24, 2.45) is 0 Å². The number of rotatable bonds is 8. The van der Waals surface area contributed by atoms with Gasteiger partial charge in [-0.1, -0.05) is 50.6 Å². The third-order valence-corrected chi connectivity index (χ3v) is 4.63. The van der Waals surface area contributed by atoms with Crippen LogP contribution < -0.4 is 0 Å². The molecule has 2 rings (SSSR count). The molecule has 1 amide bonds. The van der Waals surface area contributed by atoms with Crippen LogP contribution in [0.1, 0.15) is 56.7 Å². The highest BCUT2D eigenvalue weighted by Gasteiger charge is 2.29. The van der Waals surface area contributed by atoms with Crippen molar-refractivity contribution in [2.45, 2.75) is 59.3 Å². The molecule has 3 nitrogen and oxygen atoms in total. The number of halogens is 3. The van der Waals surface area contributed by atoms with Gasteiger partial charge in [-0.15, -0.1) is 0 Å². The van der Waals surface area contributed by atoms with Gasteiger partial charge >= 0.3 is 6.18 Å². The summed E-state index contributed by atoms with van der Waals surface area (Å²) >= 11 is 0. The molecule has 158 valence electrons. The van der Waals surface area contributed by atoms with E-state index in [2.05, 4.69) is 0 Å². The average Bonchev–Trinajstić information content (AvgIpc) is 3.11. The molecule has 1 aliphatic rings. The number of fused-ring (bicyclic) bond motifs is 1. The quantitative estimate of drug-likeness (QED) is 0.381. The minimum Gasteiger partial charge on any atom is -0.484 e. The summed E-state index contributed by atoms with van der Waals surface area (Å²) in [6, 6.07) is 5.77. The molecule has 29 heavy (non-hydrogen) atoms. The molecule has 0 fully saturated rings. The third-order valence-electron chi connectivity index (χ3n) is 4.63. The number of hydrogen-bond acceptors (Lipinski definition) is 2. The van der Waals surface area contributed by atoms with Crippen molar-refractivity contribution in [3.05, 3.63) is 65.0 Å².